The zero-order valence-corrected chi connectivity index (χ0v) is 12.4. The van der Waals surface area contributed by atoms with Crippen molar-refractivity contribution in [2.45, 2.75) is 58.2 Å². The zero-order chi connectivity index (χ0) is 14.5. The Morgan fingerprint density at radius 1 is 1.16 bits per heavy atom. The molecule has 1 rings (SSSR count). The second-order valence-corrected chi connectivity index (χ2v) is 5.28. The van der Waals surface area contributed by atoms with Crippen molar-refractivity contribution in [2.75, 3.05) is 0 Å². The predicted octanol–water partition coefficient (Wildman–Crippen LogP) is 4.32. The van der Waals surface area contributed by atoms with Crippen LogP contribution in [-0.2, 0) is 12.7 Å². The lowest BCUT2D eigenvalue weighted by molar-refractivity contribution is -0.139. The van der Waals surface area contributed by atoms with Crippen LogP contribution in [-0.4, -0.2) is 9.78 Å². The Bertz CT molecular complexity index is 451. The molecule has 0 aliphatic heterocycles. The van der Waals surface area contributed by atoms with Crippen molar-refractivity contribution in [2.24, 2.45) is 0 Å². The van der Waals surface area contributed by atoms with Gasteiger partial charge in [-0.3, -0.25) is 14.6 Å². The van der Waals surface area contributed by atoms with Crippen LogP contribution in [0.2, 0.25) is 0 Å². The number of aromatic amines is 1. The average molecular weight is 343 g/mol. The molecule has 0 aliphatic carbocycles. The maximum Gasteiger partial charge on any atom is 0.424 e. The van der Waals surface area contributed by atoms with Crippen LogP contribution < -0.4 is 5.56 Å². The van der Waals surface area contributed by atoms with E-state index in [1.54, 1.807) is 0 Å². The van der Waals surface area contributed by atoms with Crippen molar-refractivity contribution in [3.8, 4) is 0 Å². The normalized spacial score (nSPS) is 12.1. The van der Waals surface area contributed by atoms with Gasteiger partial charge in [0.2, 0.25) is 0 Å². The number of nitrogens with zero attached hydrogens (tertiary/aromatic N) is 1. The van der Waals surface area contributed by atoms with E-state index >= 15 is 0 Å². The Morgan fingerprint density at radius 2 is 1.74 bits per heavy atom. The van der Waals surface area contributed by atoms with Crippen LogP contribution in [0.4, 0.5) is 13.2 Å². The summed E-state index contributed by atoms with van der Waals surface area (Å²) in [4.78, 5) is 11.3. The molecule has 7 heteroatoms. The quantitative estimate of drug-likeness (QED) is 0.736. The molecule has 1 aromatic heterocycles. The van der Waals surface area contributed by atoms with Gasteiger partial charge in [0.15, 0.2) is 5.56 Å². The van der Waals surface area contributed by atoms with Gasteiger partial charge in [0.1, 0.15) is 4.60 Å². The van der Waals surface area contributed by atoms with Crippen molar-refractivity contribution in [1.29, 1.82) is 0 Å². The van der Waals surface area contributed by atoms with Gasteiger partial charge < -0.3 is 0 Å². The van der Waals surface area contributed by atoms with Gasteiger partial charge in [-0.1, -0.05) is 39.0 Å². The van der Waals surface area contributed by atoms with Gasteiger partial charge in [-0.2, -0.15) is 13.2 Å². The lowest BCUT2D eigenvalue weighted by atomic mass is 10.1. The minimum atomic E-state index is -4.63. The molecular weight excluding hydrogens is 325 g/mol. The van der Waals surface area contributed by atoms with Crippen LogP contribution in [0, 0.1) is 0 Å². The molecule has 0 radical (unpaired) electrons. The number of rotatable bonds is 7. The fraction of sp³-hybridized carbons (Fsp3) is 0.750. The summed E-state index contributed by atoms with van der Waals surface area (Å²) in [5.74, 6) is 0. The molecule has 0 aliphatic rings. The number of halogens is 4. The molecule has 0 saturated carbocycles. The summed E-state index contributed by atoms with van der Waals surface area (Å²) in [7, 11) is 0. The first-order chi connectivity index (χ1) is 8.88. The molecule has 0 fully saturated rings. The van der Waals surface area contributed by atoms with E-state index in [-0.39, 0.29) is 4.60 Å². The summed E-state index contributed by atoms with van der Waals surface area (Å²) in [5, 5.41) is 2.22. The van der Waals surface area contributed by atoms with E-state index in [1.165, 1.54) is 11.1 Å². The van der Waals surface area contributed by atoms with E-state index in [4.69, 9.17) is 0 Å². The number of aromatic nitrogens is 2. The summed E-state index contributed by atoms with van der Waals surface area (Å²) in [5.41, 5.74) is -2.25. The zero-order valence-electron chi connectivity index (χ0n) is 10.8. The van der Waals surface area contributed by atoms with Crippen LogP contribution in [0.5, 0.6) is 0 Å². The van der Waals surface area contributed by atoms with Gasteiger partial charge in [-0.15, -0.1) is 0 Å². The van der Waals surface area contributed by atoms with E-state index in [0.29, 0.717) is 6.54 Å². The van der Waals surface area contributed by atoms with Crippen molar-refractivity contribution in [3.05, 3.63) is 20.5 Å². The van der Waals surface area contributed by atoms with Gasteiger partial charge >= 0.3 is 6.18 Å². The second kappa shape index (κ2) is 7.17. The molecule has 19 heavy (non-hydrogen) atoms. The monoisotopic (exact) mass is 342 g/mol. The molecule has 0 bridgehead atoms. The van der Waals surface area contributed by atoms with Gasteiger partial charge in [-0.25, -0.2) is 0 Å². The third kappa shape index (κ3) is 4.71. The number of hydrogen-bond donors (Lipinski definition) is 1. The first-order valence-corrected chi connectivity index (χ1v) is 7.22. The number of hydrogen-bond acceptors (Lipinski definition) is 1. The number of nitrogens with one attached hydrogen (secondary N) is 1. The third-order valence-corrected chi connectivity index (χ3v) is 3.75. The molecule has 110 valence electrons. The van der Waals surface area contributed by atoms with Crippen molar-refractivity contribution < 1.29 is 13.2 Å². The number of unbranched alkanes of at least 4 members (excludes halogenated alkanes) is 5. The Kier molecular flexibility index (Phi) is 6.16. The largest absolute Gasteiger partial charge is 0.424 e. The van der Waals surface area contributed by atoms with Gasteiger partial charge in [0.25, 0.3) is 5.56 Å². The molecule has 1 heterocycles. The van der Waals surface area contributed by atoms with Gasteiger partial charge in [0.05, 0.1) is 0 Å². The average Bonchev–Trinajstić information content (AvgIpc) is 2.58. The number of aryl methyl sites for hydroxylation is 1. The lowest BCUT2D eigenvalue weighted by Crippen LogP contribution is -2.16. The summed E-state index contributed by atoms with van der Waals surface area (Å²) in [6, 6.07) is 0. The molecule has 0 unspecified atom stereocenters. The van der Waals surface area contributed by atoms with E-state index in [9.17, 15) is 18.0 Å². The summed E-state index contributed by atoms with van der Waals surface area (Å²) in [6.07, 6.45) is 1.64. The first-order valence-electron chi connectivity index (χ1n) is 6.43. The molecule has 0 spiro atoms. The fourth-order valence-corrected chi connectivity index (χ4v) is 2.58. The third-order valence-electron chi connectivity index (χ3n) is 2.93. The van der Waals surface area contributed by atoms with Crippen LogP contribution in [0.1, 0.15) is 51.0 Å². The van der Waals surface area contributed by atoms with Crippen molar-refractivity contribution in [1.82, 2.24) is 9.78 Å². The SMILES string of the molecule is CCCCCCCCn1[nH]c(=O)c(C(F)(F)F)c1Br. The molecular formula is C12H18BrF3N2O. The standard InChI is InChI=1S/C12H18BrF3N2O/c1-2-3-4-5-6-7-8-18-10(13)9(11(19)17-18)12(14,15)16/h2-8H2,1H3,(H,17,19). The molecule has 0 atom stereocenters. The van der Waals surface area contributed by atoms with E-state index in [0.717, 1.165) is 32.1 Å². The fourth-order valence-electron chi connectivity index (χ4n) is 1.91. The Balaban J connectivity index is 2.54. The number of H-pyrrole nitrogens is 1. The van der Waals surface area contributed by atoms with E-state index in [1.807, 2.05) is 0 Å². The highest BCUT2D eigenvalue weighted by Crippen LogP contribution is 2.32. The summed E-state index contributed by atoms with van der Waals surface area (Å²) >= 11 is 2.84. The van der Waals surface area contributed by atoms with Crippen LogP contribution in [0.3, 0.4) is 0 Å². The van der Waals surface area contributed by atoms with Crippen molar-refractivity contribution >= 4 is 15.9 Å². The van der Waals surface area contributed by atoms with E-state index in [2.05, 4.69) is 28.0 Å². The van der Waals surface area contributed by atoms with Gasteiger partial charge in [-0.05, 0) is 22.4 Å². The molecule has 3 nitrogen and oxygen atoms in total. The van der Waals surface area contributed by atoms with Crippen LogP contribution in [0.15, 0.2) is 9.40 Å². The molecule has 0 saturated heterocycles. The Labute approximate surface area is 118 Å². The smallest absolute Gasteiger partial charge is 0.277 e. The predicted molar refractivity (Wildman–Crippen MR) is 71.1 cm³/mol. The highest BCUT2D eigenvalue weighted by molar-refractivity contribution is 9.10. The number of alkyl halides is 3. The molecule has 1 N–H and O–H groups in total. The van der Waals surface area contributed by atoms with E-state index < -0.39 is 17.3 Å². The minimum Gasteiger partial charge on any atom is -0.277 e. The maximum absolute atomic E-state index is 12.6. The summed E-state index contributed by atoms with van der Waals surface area (Å²) in [6.45, 7) is 2.51. The van der Waals surface area contributed by atoms with Gasteiger partial charge in [0, 0.05) is 6.54 Å². The Morgan fingerprint density at radius 3 is 2.26 bits per heavy atom. The topological polar surface area (TPSA) is 37.8 Å². The maximum atomic E-state index is 12.6. The van der Waals surface area contributed by atoms with Crippen molar-refractivity contribution in [3.63, 3.8) is 0 Å². The lowest BCUT2D eigenvalue weighted by Gasteiger charge is -2.06. The van der Waals surface area contributed by atoms with Crippen LogP contribution in [0.25, 0.3) is 0 Å². The molecule has 1 aromatic rings. The summed E-state index contributed by atoms with van der Waals surface area (Å²) < 4.78 is 38.8. The second-order valence-electron chi connectivity index (χ2n) is 4.52. The molecule has 0 amide bonds. The first kappa shape index (κ1) is 16.3. The highest BCUT2D eigenvalue weighted by atomic mass is 79.9. The Hall–Kier alpha value is -0.720. The minimum absolute atomic E-state index is 0.210. The highest BCUT2D eigenvalue weighted by Gasteiger charge is 2.38. The van der Waals surface area contributed by atoms with Crippen LogP contribution >= 0.6 is 15.9 Å². The molecule has 0 aromatic carbocycles.